The Balaban J connectivity index is 0.900. The van der Waals surface area contributed by atoms with E-state index < -0.39 is 37.3 Å². The molecule has 120 heavy (non-hydrogen) atoms. The fourth-order valence-corrected chi connectivity index (χ4v) is 18.8. The van der Waals surface area contributed by atoms with E-state index in [1.165, 1.54) is 0 Å². The fourth-order valence-electron chi connectivity index (χ4n) is 18.8. The third-order valence-electron chi connectivity index (χ3n) is 24.1. The van der Waals surface area contributed by atoms with Gasteiger partial charge in [-0.05, 0) is 226 Å². The molecule has 0 bridgehead atoms. The van der Waals surface area contributed by atoms with Crippen LogP contribution in [0.2, 0.25) is 0 Å². The van der Waals surface area contributed by atoms with Crippen molar-refractivity contribution in [2.45, 2.75) is 26.4 Å². The first-order valence-corrected chi connectivity index (χ1v) is 40.4. The monoisotopic (exact) mass is 1550 g/mol. The Kier molecular flexibility index (Phi) is 17.4. The number of hydrogen-bond acceptors (Lipinski definition) is 10. The van der Waals surface area contributed by atoms with Crippen molar-refractivity contribution in [1.29, 1.82) is 0 Å². The van der Waals surface area contributed by atoms with Gasteiger partial charge in [0, 0.05) is 0 Å². The maximum absolute atomic E-state index is 15.4. The van der Waals surface area contributed by atoms with Gasteiger partial charge in [-0.1, -0.05) is 314 Å². The molecule has 0 saturated heterocycles. The molecule has 12 heteroatoms. The molecule has 0 atom stereocenters. The molecule has 566 valence electrons. The second-order valence-electron chi connectivity index (χ2n) is 31.1. The summed E-state index contributed by atoms with van der Waals surface area (Å²) in [5.74, 6) is -0.421. The average molecular weight is 1550 g/mol. The van der Waals surface area contributed by atoms with Gasteiger partial charge in [-0.2, -0.15) is 0 Å². The van der Waals surface area contributed by atoms with E-state index in [1.807, 2.05) is 182 Å². The van der Waals surface area contributed by atoms with Gasteiger partial charge in [-0.15, -0.1) is 0 Å². The largest absolute Gasteiger partial charge is 0.458 e. The van der Waals surface area contributed by atoms with Gasteiger partial charge in [-0.3, -0.25) is 0 Å². The van der Waals surface area contributed by atoms with Crippen molar-refractivity contribution < 1.29 is 47.6 Å². The van der Waals surface area contributed by atoms with Crippen LogP contribution in [0.5, 0.6) is 23.0 Å². The SMILES string of the molecule is O=C(OCc1ccccc1)c1ccc2c(c1)Oc1cc(C(=O)OCc3ccccc3)cc3c1B2c1cc2c(-c4c(-c5ccccc5)cccc4-c4ccccc4)cc4c5c(cc6c(-c7c(-c8ccccc8)cccc7-c7ccccc7)cc-3c1c6c25)B1c2ccc(C(=O)OCc3ccccc3)cc2Oc2cc(C(=O)OCc3ccccc3)cc-4c21. The summed E-state index contributed by atoms with van der Waals surface area (Å²) in [6.45, 7) is -1.02. The van der Waals surface area contributed by atoms with Crippen LogP contribution in [0.15, 0.2) is 364 Å². The molecular weight excluding hydrogens is 1480 g/mol. The molecule has 0 unspecified atom stereocenters. The Labute approximate surface area is 692 Å². The molecule has 18 aromatic rings. The van der Waals surface area contributed by atoms with Gasteiger partial charge < -0.3 is 28.4 Å². The van der Waals surface area contributed by atoms with E-state index in [4.69, 9.17) is 28.4 Å². The third-order valence-corrected chi connectivity index (χ3v) is 24.1. The van der Waals surface area contributed by atoms with Crippen molar-refractivity contribution >= 4 is 102 Å². The zero-order chi connectivity index (χ0) is 80.1. The molecule has 22 rings (SSSR count). The van der Waals surface area contributed by atoms with Crippen molar-refractivity contribution in [3.63, 3.8) is 0 Å². The lowest BCUT2D eigenvalue weighted by molar-refractivity contribution is 0.0463. The van der Waals surface area contributed by atoms with Gasteiger partial charge in [-0.25, -0.2) is 19.2 Å². The number of ether oxygens (including phenoxy) is 6. The second kappa shape index (κ2) is 29.4. The van der Waals surface area contributed by atoms with Gasteiger partial charge in [0.2, 0.25) is 0 Å². The predicted octanol–water partition coefficient (Wildman–Crippen LogP) is 21.2. The van der Waals surface area contributed by atoms with Gasteiger partial charge in [0.15, 0.2) is 0 Å². The van der Waals surface area contributed by atoms with Crippen LogP contribution < -0.4 is 42.3 Å². The van der Waals surface area contributed by atoms with Crippen LogP contribution >= 0.6 is 0 Å². The summed E-state index contributed by atoms with van der Waals surface area (Å²) in [7, 11) is 0. The summed E-state index contributed by atoms with van der Waals surface area (Å²) in [6, 6.07) is 122. The van der Waals surface area contributed by atoms with Gasteiger partial charge in [0.1, 0.15) is 49.4 Å². The van der Waals surface area contributed by atoms with E-state index in [-0.39, 0.29) is 37.6 Å². The van der Waals surface area contributed by atoms with E-state index in [9.17, 15) is 9.59 Å². The minimum Gasteiger partial charge on any atom is -0.458 e. The highest BCUT2D eigenvalue weighted by Gasteiger charge is 2.46. The lowest BCUT2D eigenvalue weighted by Gasteiger charge is -2.38. The molecule has 0 amide bonds. The Bertz CT molecular complexity index is 6660. The number of carbonyl (C=O) groups is 4. The summed E-state index contributed by atoms with van der Waals surface area (Å²) in [4.78, 5) is 60.0. The molecule has 0 spiro atoms. The average Bonchev–Trinajstić information content (AvgIpc) is 0.663. The molecule has 4 aliphatic rings. The first-order valence-electron chi connectivity index (χ1n) is 40.4. The normalized spacial score (nSPS) is 12.2. The molecule has 4 heterocycles. The number of benzene rings is 18. The fraction of sp³-hybridized carbons (Fsp3) is 0.0370. The molecule has 0 aromatic heterocycles. The molecule has 10 nitrogen and oxygen atoms in total. The topological polar surface area (TPSA) is 124 Å². The highest BCUT2D eigenvalue weighted by Crippen LogP contribution is 2.55. The molecule has 0 aliphatic carbocycles. The summed E-state index contributed by atoms with van der Waals surface area (Å²) in [5, 5.41) is 5.70. The van der Waals surface area contributed by atoms with E-state index in [2.05, 4.69) is 158 Å². The maximum Gasteiger partial charge on any atom is 0.338 e. The van der Waals surface area contributed by atoms with Crippen molar-refractivity contribution in [1.82, 2.24) is 0 Å². The summed E-state index contributed by atoms with van der Waals surface area (Å²) in [5.41, 5.74) is 24.7. The zero-order valence-corrected chi connectivity index (χ0v) is 64.7. The third kappa shape index (κ3) is 12.2. The van der Waals surface area contributed by atoms with E-state index >= 15 is 9.59 Å². The van der Waals surface area contributed by atoms with E-state index in [1.54, 1.807) is 24.3 Å². The number of hydrogen-bond donors (Lipinski definition) is 0. The quantitative estimate of drug-likeness (QED) is 0.0355. The van der Waals surface area contributed by atoms with Gasteiger partial charge in [0.25, 0.3) is 13.4 Å². The van der Waals surface area contributed by atoms with Crippen LogP contribution in [-0.4, -0.2) is 37.3 Å². The molecule has 0 radical (unpaired) electrons. The van der Waals surface area contributed by atoms with Crippen molar-refractivity contribution in [3.8, 4) is 112 Å². The number of rotatable bonds is 18. The summed E-state index contributed by atoms with van der Waals surface area (Å²) >= 11 is 0. The highest BCUT2D eigenvalue weighted by molar-refractivity contribution is 7.01. The Morgan fingerprint density at radius 3 is 0.817 bits per heavy atom. The molecule has 4 aliphatic heterocycles. The summed E-state index contributed by atoms with van der Waals surface area (Å²) in [6.07, 6.45) is 0. The Hall–Kier alpha value is -15.4. The Morgan fingerprint density at radius 1 is 0.225 bits per heavy atom. The predicted molar refractivity (Wildman–Crippen MR) is 478 cm³/mol. The van der Waals surface area contributed by atoms with Crippen LogP contribution in [0.1, 0.15) is 63.7 Å². The smallest absolute Gasteiger partial charge is 0.338 e. The van der Waals surface area contributed by atoms with Gasteiger partial charge >= 0.3 is 23.9 Å². The molecule has 0 fully saturated rings. The van der Waals surface area contributed by atoms with Crippen molar-refractivity contribution in [2.75, 3.05) is 0 Å². The molecular formula is C108H68B2O10. The zero-order valence-electron chi connectivity index (χ0n) is 64.7. The van der Waals surface area contributed by atoms with Crippen LogP contribution in [0, 0.1) is 0 Å². The number of esters is 4. The van der Waals surface area contributed by atoms with Crippen molar-refractivity contribution in [3.05, 3.63) is 408 Å². The van der Waals surface area contributed by atoms with E-state index in [0.717, 1.165) is 176 Å². The number of carbonyl (C=O) groups excluding carboxylic acids is 4. The first kappa shape index (κ1) is 71.2. The highest BCUT2D eigenvalue weighted by atomic mass is 16.5. The molecule has 18 aromatic carbocycles. The maximum atomic E-state index is 15.4. The molecule has 0 N–H and O–H groups in total. The second-order valence-corrected chi connectivity index (χ2v) is 31.1. The lowest BCUT2D eigenvalue weighted by atomic mass is 9.31. The van der Waals surface area contributed by atoms with Gasteiger partial charge in [0.05, 0.1) is 22.3 Å². The minimum atomic E-state index is -0.592. The van der Waals surface area contributed by atoms with Crippen molar-refractivity contribution in [2.24, 2.45) is 0 Å². The van der Waals surface area contributed by atoms with Crippen LogP contribution in [-0.2, 0) is 45.4 Å². The van der Waals surface area contributed by atoms with E-state index in [0.29, 0.717) is 34.1 Å². The molecule has 0 saturated carbocycles. The van der Waals surface area contributed by atoms with Crippen LogP contribution in [0.4, 0.5) is 0 Å². The van der Waals surface area contributed by atoms with Crippen LogP contribution in [0.3, 0.4) is 0 Å². The Morgan fingerprint density at radius 2 is 0.508 bits per heavy atom. The standard InChI is InChI=1S/C108H68B2O10/c111-105(115-61-65-27-9-1-10-28-65)73-47-49-89-93(53-73)119-95-55-75(107(113)117-63-67-31-13-3-14-32-67)51-87-83-57-82(98-79(71-39-21-7-22-40-71)45-26-46-80(98)72-41-23-8-24-42-72)86-60-92-100-84(58-81(85-59-91(109(89)103(87)95)99(83)101(86)102(85)100)97-77(69-35-17-5-18-36-69)43-25-44-78(97)70-37-19-6-20-38-70)88-52-76(108(114)118-64-68-33-15-4-16-34-68)56-96-104(88)110(92)90-50-48-74(54-94(90)120-96)106(112)116-62-66-29-11-2-12-30-66/h1-60H,61-64H2. The van der Waals surface area contributed by atoms with Crippen LogP contribution in [0.25, 0.3) is 121 Å². The summed E-state index contributed by atoms with van der Waals surface area (Å²) < 4.78 is 39.5. The first-order chi connectivity index (χ1) is 59.2. The lowest BCUT2D eigenvalue weighted by Crippen LogP contribution is -2.58. The number of fused-ring (bicyclic) bond motifs is 8. The minimum absolute atomic E-state index is 0.0197.